The van der Waals surface area contributed by atoms with Crippen LogP contribution >= 0.6 is 0 Å². The van der Waals surface area contributed by atoms with Crippen LogP contribution in [0.2, 0.25) is 5.54 Å². The van der Waals surface area contributed by atoms with Gasteiger partial charge in [-0.1, -0.05) is 6.92 Å². The fourth-order valence-electron chi connectivity index (χ4n) is 2.18. The van der Waals surface area contributed by atoms with Crippen molar-refractivity contribution in [1.82, 2.24) is 0 Å². The highest BCUT2D eigenvalue weighted by molar-refractivity contribution is 6.62. The van der Waals surface area contributed by atoms with Crippen molar-refractivity contribution in [3.63, 3.8) is 0 Å². The van der Waals surface area contributed by atoms with Gasteiger partial charge < -0.3 is 23.7 Å². The molecule has 0 saturated carbocycles. The molecular weight excluding hydrogens is 266 g/mol. The normalized spacial score (nSPS) is 15.0. The Bertz CT molecular complexity index is 247. The molecule has 0 saturated heterocycles. The molecule has 0 aromatic rings. The van der Waals surface area contributed by atoms with E-state index in [9.17, 15) is 4.79 Å². The van der Waals surface area contributed by atoms with Crippen LogP contribution in [0.25, 0.3) is 0 Å². The van der Waals surface area contributed by atoms with Crippen molar-refractivity contribution in [3.05, 3.63) is 0 Å². The summed E-state index contributed by atoms with van der Waals surface area (Å²) in [6.45, 7) is 10.9. The highest BCUT2D eigenvalue weighted by atomic mass is 28.4. The monoisotopic (exact) mass is 293 g/mol. The van der Waals surface area contributed by atoms with Gasteiger partial charge in [-0.05, 0) is 34.1 Å². The largest absolute Gasteiger partial charge is 0.507 e. The number of nitrogens with two attached hydrogens (primary N) is 1. The first-order valence-electron chi connectivity index (χ1n) is 6.85. The maximum absolute atomic E-state index is 10.9. The fourth-order valence-corrected chi connectivity index (χ4v) is 5.43. The van der Waals surface area contributed by atoms with Crippen LogP contribution in [0.1, 0.15) is 41.0 Å². The number of amides is 1. The van der Waals surface area contributed by atoms with Gasteiger partial charge in [-0.2, -0.15) is 0 Å². The Labute approximate surface area is 116 Å². The first kappa shape index (κ1) is 18.4. The minimum Gasteiger partial charge on any atom is -0.446 e. The summed E-state index contributed by atoms with van der Waals surface area (Å²) in [7, 11) is -2.89. The lowest BCUT2D eigenvalue weighted by Crippen LogP contribution is -2.54. The molecule has 6 nitrogen and oxygen atoms in total. The van der Waals surface area contributed by atoms with Crippen molar-refractivity contribution in [3.8, 4) is 0 Å². The number of ether oxygens (including phenoxy) is 1. The third-order valence-electron chi connectivity index (χ3n) is 2.80. The molecule has 114 valence electrons. The van der Waals surface area contributed by atoms with Gasteiger partial charge in [-0.25, -0.2) is 4.79 Å². The zero-order chi connectivity index (χ0) is 14.9. The molecule has 0 radical (unpaired) electrons. The Hall–Kier alpha value is -0.633. The Morgan fingerprint density at radius 3 is 1.74 bits per heavy atom. The van der Waals surface area contributed by atoms with Crippen LogP contribution < -0.4 is 5.73 Å². The number of hydrogen-bond acceptors (Lipinski definition) is 5. The quantitative estimate of drug-likeness (QED) is 0.625. The smallest absolute Gasteiger partial charge is 0.446 e. The molecule has 0 aliphatic heterocycles. The molecule has 0 rings (SSSR count). The molecule has 0 aromatic carbocycles. The standard InChI is InChI=1S/C12H27NO5Si/c1-6-11(10(5)18-12(13)14)19(15-7-2,16-8-3)17-9-4/h10-11H,6-9H2,1-5H3,(H2,13,14). The third kappa shape index (κ3) is 5.48. The summed E-state index contributed by atoms with van der Waals surface area (Å²) in [5, 5.41) is 0. The fraction of sp³-hybridized carbons (Fsp3) is 0.917. The summed E-state index contributed by atoms with van der Waals surface area (Å²) in [6.07, 6.45) is -0.474. The molecule has 1 amide bonds. The lowest BCUT2D eigenvalue weighted by Gasteiger charge is -2.37. The van der Waals surface area contributed by atoms with Crippen LogP contribution in [-0.4, -0.2) is 40.8 Å². The van der Waals surface area contributed by atoms with Crippen molar-refractivity contribution < 1.29 is 22.8 Å². The molecule has 0 aromatic heterocycles. The average Bonchev–Trinajstić information content (AvgIpc) is 2.29. The van der Waals surface area contributed by atoms with Gasteiger partial charge in [0.2, 0.25) is 0 Å². The molecule has 0 aliphatic rings. The predicted molar refractivity (Wildman–Crippen MR) is 74.8 cm³/mol. The number of primary amides is 1. The summed E-state index contributed by atoms with van der Waals surface area (Å²) in [6, 6.07) is 0. The van der Waals surface area contributed by atoms with Crippen LogP contribution in [0.5, 0.6) is 0 Å². The molecule has 7 heteroatoms. The van der Waals surface area contributed by atoms with Gasteiger partial charge in [0.25, 0.3) is 0 Å². The topological polar surface area (TPSA) is 80.0 Å². The lowest BCUT2D eigenvalue weighted by atomic mass is 10.2. The highest BCUT2D eigenvalue weighted by Gasteiger charge is 2.51. The van der Waals surface area contributed by atoms with Crippen molar-refractivity contribution in [2.45, 2.75) is 52.7 Å². The molecule has 0 fully saturated rings. The Kier molecular flexibility index (Phi) is 8.99. The molecule has 2 unspecified atom stereocenters. The first-order valence-corrected chi connectivity index (χ1v) is 8.65. The Morgan fingerprint density at radius 2 is 1.47 bits per heavy atom. The second-order valence-electron chi connectivity index (χ2n) is 4.06. The summed E-state index contributed by atoms with van der Waals surface area (Å²) in [5.74, 6) is 0. The molecule has 0 bridgehead atoms. The molecule has 2 atom stereocenters. The van der Waals surface area contributed by atoms with E-state index in [0.717, 1.165) is 6.42 Å². The Balaban J connectivity index is 5.17. The molecular formula is C12H27NO5Si. The van der Waals surface area contributed by atoms with E-state index in [1.165, 1.54) is 0 Å². The zero-order valence-electron chi connectivity index (χ0n) is 12.6. The van der Waals surface area contributed by atoms with E-state index in [0.29, 0.717) is 19.8 Å². The maximum Gasteiger partial charge on any atom is 0.507 e. The van der Waals surface area contributed by atoms with E-state index in [4.69, 9.17) is 23.7 Å². The zero-order valence-corrected chi connectivity index (χ0v) is 13.6. The van der Waals surface area contributed by atoms with E-state index in [1.807, 2.05) is 27.7 Å². The SMILES string of the molecule is CCO[Si](OCC)(OCC)C(CC)C(C)OC(N)=O. The average molecular weight is 293 g/mol. The van der Waals surface area contributed by atoms with Gasteiger partial charge in [0, 0.05) is 19.8 Å². The lowest BCUT2D eigenvalue weighted by molar-refractivity contribution is 0.0332. The second kappa shape index (κ2) is 9.30. The van der Waals surface area contributed by atoms with Crippen LogP contribution in [0.15, 0.2) is 0 Å². The van der Waals surface area contributed by atoms with Crippen molar-refractivity contribution >= 4 is 14.9 Å². The van der Waals surface area contributed by atoms with Crippen LogP contribution in [0.3, 0.4) is 0 Å². The van der Waals surface area contributed by atoms with Gasteiger partial charge in [0.05, 0.1) is 5.54 Å². The van der Waals surface area contributed by atoms with E-state index in [1.54, 1.807) is 6.92 Å². The van der Waals surface area contributed by atoms with Gasteiger partial charge in [-0.3, -0.25) is 0 Å². The van der Waals surface area contributed by atoms with Gasteiger partial charge in [0.15, 0.2) is 0 Å². The molecule has 0 aliphatic carbocycles. The summed E-state index contributed by atoms with van der Waals surface area (Å²) in [4.78, 5) is 10.9. The van der Waals surface area contributed by atoms with Crippen LogP contribution in [-0.2, 0) is 18.0 Å². The van der Waals surface area contributed by atoms with Crippen molar-refractivity contribution in [2.75, 3.05) is 19.8 Å². The highest BCUT2D eigenvalue weighted by Crippen LogP contribution is 2.33. The van der Waals surface area contributed by atoms with E-state index in [-0.39, 0.29) is 5.54 Å². The summed E-state index contributed by atoms with van der Waals surface area (Å²) < 4.78 is 22.6. The molecule has 19 heavy (non-hydrogen) atoms. The number of rotatable bonds is 10. The predicted octanol–water partition coefficient (Wildman–Crippen LogP) is 2.30. The van der Waals surface area contributed by atoms with E-state index in [2.05, 4.69) is 0 Å². The molecule has 2 N–H and O–H groups in total. The van der Waals surface area contributed by atoms with Crippen LogP contribution in [0, 0.1) is 0 Å². The molecule has 0 spiro atoms. The van der Waals surface area contributed by atoms with E-state index >= 15 is 0 Å². The Morgan fingerprint density at radius 1 is 1.05 bits per heavy atom. The first-order chi connectivity index (χ1) is 8.97. The summed E-state index contributed by atoms with van der Waals surface area (Å²) in [5.41, 5.74) is 4.96. The second-order valence-corrected chi connectivity index (χ2v) is 6.87. The third-order valence-corrected chi connectivity index (χ3v) is 6.66. The molecule has 0 heterocycles. The number of hydrogen-bond donors (Lipinski definition) is 1. The van der Waals surface area contributed by atoms with Crippen molar-refractivity contribution in [2.24, 2.45) is 5.73 Å². The van der Waals surface area contributed by atoms with Gasteiger partial charge >= 0.3 is 14.9 Å². The number of carbonyl (C=O) groups excluding carboxylic acids is 1. The van der Waals surface area contributed by atoms with Crippen LogP contribution in [0.4, 0.5) is 4.79 Å². The van der Waals surface area contributed by atoms with E-state index < -0.39 is 21.0 Å². The van der Waals surface area contributed by atoms with Crippen molar-refractivity contribution in [1.29, 1.82) is 0 Å². The summed E-state index contributed by atoms with van der Waals surface area (Å²) >= 11 is 0. The number of carbonyl (C=O) groups is 1. The van der Waals surface area contributed by atoms with Gasteiger partial charge in [-0.15, -0.1) is 0 Å². The minimum absolute atomic E-state index is 0.125. The maximum atomic E-state index is 10.9. The minimum atomic E-state index is -2.89. The van der Waals surface area contributed by atoms with Gasteiger partial charge in [0.1, 0.15) is 6.10 Å².